The quantitative estimate of drug-likeness (QED) is 0.754. The number of nitrogens with zero attached hydrogens (tertiary/aromatic N) is 1. The van der Waals surface area contributed by atoms with Gasteiger partial charge in [-0.2, -0.15) is 11.8 Å². The highest BCUT2D eigenvalue weighted by Gasteiger charge is 2.49. The third-order valence-corrected chi connectivity index (χ3v) is 6.24. The van der Waals surface area contributed by atoms with E-state index in [2.05, 4.69) is 56.6 Å². The first-order chi connectivity index (χ1) is 9.38. The highest BCUT2D eigenvalue weighted by atomic mass is 32.2. The molecule has 2 atom stereocenters. The first-order valence-corrected chi connectivity index (χ1v) is 9.59. The summed E-state index contributed by atoms with van der Waals surface area (Å²) in [7, 11) is 0. The summed E-state index contributed by atoms with van der Waals surface area (Å²) in [6, 6.07) is 0.633. The Hall–Kier alpha value is 0.270. The average Bonchev–Trinajstić information content (AvgIpc) is 3.19. The van der Waals surface area contributed by atoms with E-state index in [4.69, 9.17) is 0 Å². The lowest BCUT2D eigenvalue weighted by Crippen LogP contribution is -2.67. The Morgan fingerprint density at radius 3 is 2.55 bits per heavy atom. The molecule has 3 heteroatoms. The molecule has 2 unspecified atom stereocenters. The van der Waals surface area contributed by atoms with E-state index in [-0.39, 0.29) is 0 Å². The summed E-state index contributed by atoms with van der Waals surface area (Å²) >= 11 is 2.08. The van der Waals surface area contributed by atoms with Gasteiger partial charge in [-0.25, -0.2) is 0 Å². The third-order valence-electron chi connectivity index (χ3n) is 5.25. The van der Waals surface area contributed by atoms with Gasteiger partial charge in [0.2, 0.25) is 0 Å². The number of piperazine rings is 1. The van der Waals surface area contributed by atoms with Crippen molar-refractivity contribution in [2.75, 3.05) is 31.1 Å². The van der Waals surface area contributed by atoms with Gasteiger partial charge >= 0.3 is 0 Å². The van der Waals surface area contributed by atoms with Crippen molar-refractivity contribution in [3.05, 3.63) is 0 Å². The minimum absolute atomic E-state index is 0.362. The van der Waals surface area contributed by atoms with Crippen molar-refractivity contribution in [3.63, 3.8) is 0 Å². The first kappa shape index (κ1) is 16.6. The summed E-state index contributed by atoms with van der Waals surface area (Å²) in [5.41, 5.74) is 0.778. The Balaban J connectivity index is 1.96. The zero-order chi connectivity index (χ0) is 14.8. The maximum absolute atomic E-state index is 3.86. The fraction of sp³-hybridized carbons (Fsp3) is 1.00. The second-order valence-corrected chi connectivity index (χ2v) is 9.32. The van der Waals surface area contributed by atoms with E-state index >= 15 is 0 Å². The van der Waals surface area contributed by atoms with Gasteiger partial charge < -0.3 is 5.32 Å². The smallest absolute Gasteiger partial charge is 0.0334 e. The first-order valence-electron chi connectivity index (χ1n) is 8.44. The van der Waals surface area contributed by atoms with Crippen LogP contribution in [-0.4, -0.2) is 47.6 Å². The monoisotopic (exact) mass is 298 g/mol. The van der Waals surface area contributed by atoms with Gasteiger partial charge in [0.25, 0.3) is 0 Å². The molecule has 2 aliphatic rings. The second-order valence-electron chi connectivity index (χ2n) is 7.93. The molecule has 20 heavy (non-hydrogen) atoms. The molecule has 0 spiro atoms. The zero-order valence-electron chi connectivity index (χ0n) is 14.2. The van der Waals surface area contributed by atoms with Crippen molar-refractivity contribution in [1.29, 1.82) is 0 Å². The van der Waals surface area contributed by atoms with Crippen LogP contribution in [0.5, 0.6) is 0 Å². The van der Waals surface area contributed by atoms with Crippen LogP contribution in [0, 0.1) is 11.3 Å². The van der Waals surface area contributed by atoms with Crippen LogP contribution in [0.2, 0.25) is 0 Å². The van der Waals surface area contributed by atoms with Crippen LogP contribution in [0.15, 0.2) is 0 Å². The van der Waals surface area contributed by atoms with E-state index in [1.165, 1.54) is 50.4 Å². The van der Waals surface area contributed by atoms with Crippen molar-refractivity contribution in [2.24, 2.45) is 11.3 Å². The van der Waals surface area contributed by atoms with Crippen LogP contribution in [-0.2, 0) is 0 Å². The van der Waals surface area contributed by atoms with E-state index < -0.39 is 0 Å². The van der Waals surface area contributed by atoms with Crippen LogP contribution in [0.4, 0.5) is 0 Å². The van der Waals surface area contributed by atoms with Gasteiger partial charge in [-0.05, 0) is 55.6 Å². The minimum Gasteiger partial charge on any atom is -0.310 e. The summed E-state index contributed by atoms with van der Waals surface area (Å²) in [6.45, 7) is 15.6. The summed E-state index contributed by atoms with van der Waals surface area (Å²) < 4.78 is 0. The van der Waals surface area contributed by atoms with Crippen LogP contribution in [0.3, 0.4) is 0 Å². The fourth-order valence-electron chi connectivity index (χ4n) is 3.47. The largest absolute Gasteiger partial charge is 0.310 e. The van der Waals surface area contributed by atoms with Gasteiger partial charge in [-0.15, -0.1) is 0 Å². The number of thioether (sulfide) groups is 1. The number of hydrogen-bond donors (Lipinski definition) is 1. The third kappa shape index (κ3) is 3.92. The molecule has 0 radical (unpaired) electrons. The van der Waals surface area contributed by atoms with Crippen LogP contribution >= 0.6 is 11.8 Å². The maximum Gasteiger partial charge on any atom is 0.0334 e. The minimum atomic E-state index is 0.362. The van der Waals surface area contributed by atoms with E-state index in [9.17, 15) is 0 Å². The Morgan fingerprint density at radius 1 is 1.30 bits per heavy atom. The van der Waals surface area contributed by atoms with Gasteiger partial charge in [-0.3, -0.25) is 4.90 Å². The molecule has 0 aromatic carbocycles. The van der Waals surface area contributed by atoms with Crippen LogP contribution < -0.4 is 5.32 Å². The second kappa shape index (κ2) is 6.58. The number of nitrogens with one attached hydrogen (secondary N) is 1. The molecule has 2 nitrogen and oxygen atoms in total. The van der Waals surface area contributed by atoms with Crippen molar-refractivity contribution >= 4 is 11.8 Å². The average molecular weight is 299 g/mol. The van der Waals surface area contributed by atoms with Gasteiger partial charge in [0, 0.05) is 24.7 Å². The Kier molecular flexibility index (Phi) is 5.47. The van der Waals surface area contributed by atoms with Crippen molar-refractivity contribution in [3.8, 4) is 0 Å². The topological polar surface area (TPSA) is 15.3 Å². The molecule has 0 amide bonds. The van der Waals surface area contributed by atoms with Crippen LogP contribution in [0.25, 0.3) is 0 Å². The van der Waals surface area contributed by atoms with Crippen molar-refractivity contribution in [1.82, 2.24) is 10.2 Å². The van der Waals surface area contributed by atoms with Gasteiger partial charge in [0.15, 0.2) is 0 Å². The van der Waals surface area contributed by atoms with Crippen molar-refractivity contribution < 1.29 is 0 Å². The molecule has 2 fully saturated rings. The van der Waals surface area contributed by atoms with Gasteiger partial charge in [0.1, 0.15) is 0 Å². The molecular formula is C17H34N2S. The molecule has 1 saturated carbocycles. The molecule has 0 aromatic rings. The standard InChI is InChI=1S/C17H34N2S/c1-6-20-11-7-10-19-12-15(16(2,3)4)18-13-17(19,5)14-8-9-14/h14-15,18H,6-13H2,1-5H3. The lowest BCUT2D eigenvalue weighted by atomic mass is 9.81. The van der Waals surface area contributed by atoms with E-state index in [0.29, 0.717) is 17.0 Å². The molecule has 118 valence electrons. The molecular weight excluding hydrogens is 264 g/mol. The molecule has 1 aliphatic heterocycles. The summed E-state index contributed by atoms with van der Waals surface area (Å²) in [4.78, 5) is 2.83. The highest BCUT2D eigenvalue weighted by molar-refractivity contribution is 7.99. The number of hydrogen-bond acceptors (Lipinski definition) is 3. The Labute approximate surface area is 130 Å². The Morgan fingerprint density at radius 2 is 2.00 bits per heavy atom. The number of rotatable bonds is 6. The van der Waals surface area contributed by atoms with Crippen molar-refractivity contribution in [2.45, 2.75) is 65.5 Å². The maximum atomic E-state index is 3.86. The van der Waals surface area contributed by atoms with Gasteiger partial charge in [0.05, 0.1) is 0 Å². The van der Waals surface area contributed by atoms with E-state index in [1.807, 2.05) is 0 Å². The molecule has 1 saturated heterocycles. The molecule has 2 rings (SSSR count). The predicted molar refractivity (Wildman–Crippen MR) is 91.6 cm³/mol. The summed E-state index contributed by atoms with van der Waals surface area (Å²) in [6.07, 6.45) is 4.23. The summed E-state index contributed by atoms with van der Waals surface area (Å²) in [5, 5.41) is 3.86. The van der Waals surface area contributed by atoms with Gasteiger partial charge in [-0.1, -0.05) is 27.7 Å². The normalized spacial score (nSPS) is 32.5. The fourth-order valence-corrected chi connectivity index (χ4v) is 4.09. The molecule has 0 bridgehead atoms. The van der Waals surface area contributed by atoms with E-state index in [0.717, 1.165) is 5.92 Å². The lowest BCUT2D eigenvalue weighted by molar-refractivity contribution is 0.0109. The van der Waals surface area contributed by atoms with Crippen LogP contribution in [0.1, 0.15) is 53.9 Å². The summed E-state index contributed by atoms with van der Waals surface area (Å²) in [5.74, 6) is 3.52. The molecule has 1 N–H and O–H groups in total. The molecule has 0 aromatic heterocycles. The molecule has 1 aliphatic carbocycles. The van der Waals surface area contributed by atoms with E-state index in [1.54, 1.807) is 0 Å². The molecule has 1 heterocycles. The predicted octanol–water partition coefficient (Wildman–Crippen LogP) is 3.62. The lowest BCUT2D eigenvalue weighted by Gasteiger charge is -2.51. The Bertz CT molecular complexity index is 309. The zero-order valence-corrected chi connectivity index (χ0v) is 15.0. The SMILES string of the molecule is CCSCCCN1CC(C(C)(C)C)NCC1(C)C1CC1. The highest BCUT2D eigenvalue weighted by Crippen LogP contribution is 2.44.